The fourth-order valence-electron chi connectivity index (χ4n) is 3.04. The molecule has 1 N–H and O–H groups in total. The molecule has 1 heterocycles. The Morgan fingerprint density at radius 2 is 2.11 bits per heavy atom. The Kier molecular flexibility index (Phi) is 6.25. The van der Waals surface area contributed by atoms with Gasteiger partial charge in [-0.2, -0.15) is 11.8 Å². The third-order valence-corrected chi connectivity index (χ3v) is 5.06. The number of thioether (sulfide) groups is 1. The molecule has 1 aromatic carbocycles. The van der Waals surface area contributed by atoms with Crippen LogP contribution in [0.1, 0.15) is 37.3 Å². The minimum absolute atomic E-state index is 0.653. The zero-order valence-electron chi connectivity index (χ0n) is 12.3. The summed E-state index contributed by atoms with van der Waals surface area (Å²) in [4.78, 5) is 0. The Morgan fingerprint density at radius 3 is 2.79 bits per heavy atom. The van der Waals surface area contributed by atoms with Crippen molar-refractivity contribution in [3.63, 3.8) is 0 Å². The van der Waals surface area contributed by atoms with Crippen molar-refractivity contribution in [2.45, 2.75) is 45.6 Å². The van der Waals surface area contributed by atoms with Gasteiger partial charge in [0.2, 0.25) is 0 Å². The maximum absolute atomic E-state index is 3.69. The monoisotopic (exact) mass is 277 g/mol. The van der Waals surface area contributed by atoms with Crippen LogP contribution in [-0.2, 0) is 6.42 Å². The Hall–Kier alpha value is -0.470. The first-order valence-corrected chi connectivity index (χ1v) is 8.80. The molecule has 1 aliphatic heterocycles. The van der Waals surface area contributed by atoms with Crippen LogP contribution in [0.4, 0.5) is 0 Å². The smallest absolute Gasteiger partial charge is 0.0110 e. The molecule has 1 aliphatic rings. The van der Waals surface area contributed by atoms with Crippen molar-refractivity contribution in [2.24, 2.45) is 5.92 Å². The van der Waals surface area contributed by atoms with Crippen LogP contribution in [-0.4, -0.2) is 24.1 Å². The number of hydrogen-bond acceptors (Lipinski definition) is 2. The molecule has 0 amide bonds. The van der Waals surface area contributed by atoms with E-state index in [1.165, 1.54) is 48.3 Å². The fourth-order valence-corrected chi connectivity index (χ4v) is 4.24. The van der Waals surface area contributed by atoms with E-state index in [-0.39, 0.29) is 0 Å². The highest BCUT2D eigenvalue weighted by molar-refractivity contribution is 7.99. The first kappa shape index (κ1) is 14.9. The van der Waals surface area contributed by atoms with Crippen molar-refractivity contribution >= 4 is 11.8 Å². The highest BCUT2D eigenvalue weighted by Gasteiger charge is 2.18. The minimum atomic E-state index is 0.653. The molecule has 2 heteroatoms. The van der Waals surface area contributed by atoms with Gasteiger partial charge in [0.15, 0.2) is 0 Å². The molecule has 1 atom stereocenters. The first-order valence-electron chi connectivity index (χ1n) is 7.64. The summed E-state index contributed by atoms with van der Waals surface area (Å²) in [6.07, 6.45) is 5.36. The summed E-state index contributed by atoms with van der Waals surface area (Å²) in [5, 5.41) is 3.69. The number of likely N-dealkylation sites (N-methyl/N-ethyl adjacent to an activating group) is 1. The standard InChI is InChI=1S/C17H27NS/c1-3-18-17(12-15-7-9-19-10-8-15)13-16-6-4-5-14(2)11-16/h4-6,11,15,17-18H,3,7-10,12-13H2,1-2H3. The van der Waals surface area contributed by atoms with E-state index in [4.69, 9.17) is 0 Å². The van der Waals surface area contributed by atoms with Crippen molar-refractivity contribution in [1.82, 2.24) is 5.32 Å². The molecule has 1 nitrogen and oxygen atoms in total. The third kappa shape index (κ3) is 5.19. The van der Waals surface area contributed by atoms with Crippen molar-refractivity contribution in [3.8, 4) is 0 Å². The average Bonchev–Trinajstić information content (AvgIpc) is 2.40. The van der Waals surface area contributed by atoms with E-state index in [2.05, 4.69) is 55.2 Å². The van der Waals surface area contributed by atoms with Gasteiger partial charge in [-0.15, -0.1) is 0 Å². The maximum Gasteiger partial charge on any atom is 0.0110 e. The predicted octanol–water partition coefficient (Wildman–Crippen LogP) is 4.05. The van der Waals surface area contributed by atoms with Crippen LogP contribution in [0.2, 0.25) is 0 Å². The van der Waals surface area contributed by atoms with E-state index < -0.39 is 0 Å². The lowest BCUT2D eigenvalue weighted by atomic mass is 9.91. The molecule has 19 heavy (non-hydrogen) atoms. The topological polar surface area (TPSA) is 12.0 Å². The van der Waals surface area contributed by atoms with Gasteiger partial charge in [0.1, 0.15) is 0 Å². The molecule has 0 spiro atoms. The number of rotatable bonds is 6. The first-order chi connectivity index (χ1) is 9.28. The van der Waals surface area contributed by atoms with Crippen LogP contribution in [0.3, 0.4) is 0 Å². The van der Waals surface area contributed by atoms with Crippen LogP contribution in [0, 0.1) is 12.8 Å². The lowest BCUT2D eigenvalue weighted by Crippen LogP contribution is -2.33. The highest BCUT2D eigenvalue weighted by Crippen LogP contribution is 2.27. The van der Waals surface area contributed by atoms with E-state index >= 15 is 0 Å². The number of hydrogen-bond donors (Lipinski definition) is 1. The molecule has 0 saturated carbocycles. The molecule has 1 saturated heterocycles. The van der Waals surface area contributed by atoms with Crippen molar-refractivity contribution in [1.29, 1.82) is 0 Å². The fraction of sp³-hybridized carbons (Fsp3) is 0.647. The maximum atomic E-state index is 3.69. The zero-order valence-corrected chi connectivity index (χ0v) is 13.1. The van der Waals surface area contributed by atoms with Gasteiger partial charge < -0.3 is 5.32 Å². The van der Waals surface area contributed by atoms with E-state index in [1.807, 2.05) is 0 Å². The van der Waals surface area contributed by atoms with Crippen LogP contribution in [0.5, 0.6) is 0 Å². The minimum Gasteiger partial charge on any atom is -0.314 e. The lowest BCUT2D eigenvalue weighted by Gasteiger charge is -2.27. The summed E-state index contributed by atoms with van der Waals surface area (Å²) in [7, 11) is 0. The number of aryl methyl sites for hydroxylation is 1. The van der Waals surface area contributed by atoms with Gasteiger partial charge >= 0.3 is 0 Å². The Bertz CT molecular complexity index is 371. The molecule has 0 bridgehead atoms. The van der Waals surface area contributed by atoms with Crippen molar-refractivity contribution in [3.05, 3.63) is 35.4 Å². The SMILES string of the molecule is CCNC(Cc1cccc(C)c1)CC1CCSCC1. The molecule has 0 radical (unpaired) electrons. The second kappa shape index (κ2) is 7.96. The summed E-state index contributed by atoms with van der Waals surface area (Å²) in [5.41, 5.74) is 2.86. The van der Waals surface area contributed by atoms with Crippen molar-refractivity contribution in [2.75, 3.05) is 18.1 Å². The number of nitrogens with one attached hydrogen (secondary N) is 1. The average molecular weight is 277 g/mol. The Morgan fingerprint density at radius 1 is 1.32 bits per heavy atom. The van der Waals surface area contributed by atoms with Crippen LogP contribution >= 0.6 is 11.8 Å². The summed E-state index contributed by atoms with van der Waals surface area (Å²) in [5.74, 6) is 3.68. The van der Waals surface area contributed by atoms with Gasteiger partial charge in [-0.05, 0) is 62.1 Å². The molecule has 106 valence electrons. The van der Waals surface area contributed by atoms with Gasteiger partial charge in [0.25, 0.3) is 0 Å². The molecule has 1 aromatic rings. The molecular formula is C17H27NS. The van der Waals surface area contributed by atoms with Crippen LogP contribution in [0.25, 0.3) is 0 Å². The van der Waals surface area contributed by atoms with Crippen molar-refractivity contribution < 1.29 is 0 Å². The normalized spacial score (nSPS) is 18.4. The van der Waals surface area contributed by atoms with Gasteiger partial charge in [0.05, 0.1) is 0 Å². The molecule has 0 aliphatic carbocycles. The van der Waals surface area contributed by atoms with Gasteiger partial charge in [-0.1, -0.05) is 36.8 Å². The second-order valence-electron chi connectivity index (χ2n) is 5.74. The molecule has 0 aromatic heterocycles. The largest absolute Gasteiger partial charge is 0.314 e. The number of benzene rings is 1. The van der Waals surface area contributed by atoms with Gasteiger partial charge in [-0.25, -0.2) is 0 Å². The van der Waals surface area contributed by atoms with E-state index in [0.29, 0.717) is 6.04 Å². The van der Waals surface area contributed by atoms with E-state index in [9.17, 15) is 0 Å². The zero-order chi connectivity index (χ0) is 13.5. The molecule has 1 unspecified atom stereocenters. The van der Waals surface area contributed by atoms with E-state index in [1.54, 1.807) is 0 Å². The quantitative estimate of drug-likeness (QED) is 0.842. The second-order valence-corrected chi connectivity index (χ2v) is 6.96. The van der Waals surface area contributed by atoms with Crippen LogP contribution < -0.4 is 5.32 Å². The summed E-state index contributed by atoms with van der Waals surface area (Å²) in [6.45, 7) is 5.49. The van der Waals surface area contributed by atoms with Gasteiger partial charge in [-0.3, -0.25) is 0 Å². The highest BCUT2D eigenvalue weighted by atomic mass is 32.2. The molecular weight excluding hydrogens is 250 g/mol. The molecule has 2 rings (SSSR count). The summed E-state index contributed by atoms with van der Waals surface area (Å²) >= 11 is 2.12. The summed E-state index contributed by atoms with van der Waals surface area (Å²) < 4.78 is 0. The van der Waals surface area contributed by atoms with Gasteiger partial charge in [0, 0.05) is 6.04 Å². The Balaban J connectivity index is 1.91. The van der Waals surface area contributed by atoms with E-state index in [0.717, 1.165) is 12.5 Å². The van der Waals surface area contributed by atoms with Crippen LogP contribution in [0.15, 0.2) is 24.3 Å². The lowest BCUT2D eigenvalue weighted by molar-refractivity contribution is 0.366. The predicted molar refractivity (Wildman–Crippen MR) is 87.0 cm³/mol. The molecule has 1 fully saturated rings. The third-order valence-electron chi connectivity index (χ3n) is 4.02. The summed E-state index contributed by atoms with van der Waals surface area (Å²) in [6, 6.07) is 9.63. The Labute approximate surface area is 122 Å².